The lowest BCUT2D eigenvalue weighted by atomic mass is 10.0. The molecule has 1 fully saturated rings. The molecule has 0 saturated carbocycles. The number of nitrogens with one attached hydrogen (secondary N) is 1. The molecule has 150 valence electrons. The van der Waals surface area contributed by atoms with Gasteiger partial charge in [-0.3, -0.25) is 14.9 Å². The average Bonchev–Trinajstić information content (AvgIpc) is 3.43. The summed E-state index contributed by atoms with van der Waals surface area (Å²) in [5, 5.41) is 7.38. The lowest BCUT2D eigenvalue weighted by Gasteiger charge is -2.25. The van der Waals surface area contributed by atoms with E-state index in [1.165, 1.54) is 0 Å². The summed E-state index contributed by atoms with van der Waals surface area (Å²) >= 11 is 0. The largest absolute Gasteiger partial charge is 0.493 e. The van der Waals surface area contributed by atoms with E-state index in [9.17, 15) is 4.79 Å². The van der Waals surface area contributed by atoms with Crippen molar-refractivity contribution in [2.45, 2.75) is 25.3 Å². The van der Waals surface area contributed by atoms with Gasteiger partial charge in [0.25, 0.3) is 0 Å². The molecule has 0 spiro atoms. The molecule has 0 radical (unpaired) electrons. The number of hydrogen-bond donors (Lipinski definition) is 1. The summed E-state index contributed by atoms with van der Waals surface area (Å²) in [5.41, 5.74) is 3.94. The van der Waals surface area contributed by atoms with Crippen molar-refractivity contribution in [3.8, 4) is 22.6 Å². The lowest BCUT2D eigenvalue weighted by molar-refractivity contribution is -0.131. The number of rotatable bonds is 6. The molecular weight excluding hydrogens is 368 g/mol. The number of pyridine rings is 1. The first-order valence-electron chi connectivity index (χ1n) is 9.65. The van der Waals surface area contributed by atoms with Crippen LogP contribution in [0.1, 0.15) is 30.1 Å². The van der Waals surface area contributed by atoms with Crippen LogP contribution in [0.4, 0.5) is 0 Å². The zero-order valence-electron chi connectivity index (χ0n) is 16.6. The fourth-order valence-electron chi connectivity index (χ4n) is 3.94. The van der Waals surface area contributed by atoms with Crippen LogP contribution in [-0.2, 0) is 11.2 Å². The smallest absolute Gasteiger partial charge is 0.227 e. The Bertz CT molecular complexity index is 987. The number of likely N-dealkylation sites (tertiary alicyclic amines) is 1. The predicted molar refractivity (Wildman–Crippen MR) is 109 cm³/mol. The molecule has 1 N–H and O–H groups in total. The Labute approximate surface area is 169 Å². The summed E-state index contributed by atoms with van der Waals surface area (Å²) in [6.45, 7) is 0.742. The van der Waals surface area contributed by atoms with Crippen LogP contribution in [0.15, 0.2) is 48.9 Å². The van der Waals surface area contributed by atoms with E-state index in [1.54, 1.807) is 26.6 Å². The maximum atomic E-state index is 13.1. The molecule has 1 amide bonds. The summed E-state index contributed by atoms with van der Waals surface area (Å²) in [7, 11) is 3.20. The van der Waals surface area contributed by atoms with Gasteiger partial charge in [0.1, 0.15) is 0 Å². The quantitative estimate of drug-likeness (QED) is 0.695. The summed E-state index contributed by atoms with van der Waals surface area (Å²) in [6.07, 6.45) is 7.55. The predicted octanol–water partition coefficient (Wildman–Crippen LogP) is 3.40. The highest BCUT2D eigenvalue weighted by Crippen LogP contribution is 2.37. The SMILES string of the molecule is COc1ccc(CC(=O)N2CCC[C@H]2c2[nH]ncc2-c2ccncc2)cc1OC. The number of aromatic amines is 1. The van der Waals surface area contributed by atoms with Crippen molar-refractivity contribution in [3.63, 3.8) is 0 Å². The molecule has 2 aromatic heterocycles. The minimum atomic E-state index is -0.00620. The van der Waals surface area contributed by atoms with Crippen LogP contribution in [-0.4, -0.2) is 46.8 Å². The summed E-state index contributed by atoms with van der Waals surface area (Å²) < 4.78 is 10.6. The summed E-state index contributed by atoms with van der Waals surface area (Å²) in [4.78, 5) is 19.2. The number of carbonyl (C=O) groups is 1. The number of hydrogen-bond acceptors (Lipinski definition) is 5. The van der Waals surface area contributed by atoms with Crippen molar-refractivity contribution in [1.29, 1.82) is 0 Å². The Morgan fingerprint density at radius 3 is 2.72 bits per heavy atom. The van der Waals surface area contributed by atoms with Crippen LogP contribution >= 0.6 is 0 Å². The molecular formula is C22H24N4O3. The Morgan fingerprint density at radius 1 is 1.17 bits per heavy atom. The van der Waals surface area contributed by atoms with Crippen LogP contribution in [0.3, 0.4) is 0 Å². The van der Waals surface area contributed by atoms with Gasteiger partial charge in [-0.05, 0) is 48.2 Å². The minimum Gasteiger partial charge on any atom is -0.493 e. The lowest BCUT2D eigenvalue weighted by Crippen LogP contribution is -2.32. The normalized spacial score (nSPS) is 16.1. The zero-order chi connectivity index (χ0) is 20.2. The number of carbonyl (C=O) groups excluding carboxylic acids is 1. The topological polar surface area (TPSA) is 80.3 Å². The number of methoxy groups -OCH3 is 2. The van der Waals surface area contributed by atoms with Crippen molar-refractivity contribution >= 4 is 5.91 Å². The third-order valence-corrected chi connectivity index (χ3v) is 5.37. The molecule has 1 saturated heterocycles. The first kappa shape index (κ1) is 19.0. The Balaban J connectivity index is 1.55. The highest BCUT2D eigenvalue weighted by Gasteiger charge is 2.32. The minimum absolute atomic E-state index is 0.00620. The van der Waals surface area contributed by atoms with E-state index < -0.39 is 0 Å². The molecule has 0 aliphatic carbocycles. The van der Waals surface area contributed by atoms with Gasteiger partial charge in [-0.15, -0.1) is 0 Å². The maximum Gasteiger partial charge on any atom is 0.227 e. The second-order valence-electron chi connectivity index (χ2n) is 7.04. The molecule has 1 aliphatic heterocycles. The molecule has 29 heavy (non-hydrogen) atoms. The number of aromatic nitrogens is 3. The van der Waals surface area contributed by atoms with Gasteiger partial charge in [0.2, 0.25) is 5.91 Å². The van der Waals surface area contributed by atoms with Crippen molar-refractivity contribution in [1.82, 2.24) is 20.1 Å². The number of benzene rings is 1. The highest BCUT2D eigenvalue weighted by atomic mass is 16.5. The van der Waals surface area contributed by atoms with Crippen molar-refractivity contribution < 1.29 is 14.3 Å². The standard InChI is InChI=1S/C22H24N4O3/c1-28-19-6-5-15(12-20(19)29-2)13-21(27)26-11-3-4-18(26)22-17(14-24-25-22)16-7-9-23-10-8-16/h5-10,12,14,18H,3-4,11,13H2,1-2H3,(H,24,25)/t18-/m0/s1. The van der Waals surface area contributed by atoms with Gasteiger partial charge in [-0.25, -0.2) is 0 Å². The van der Waals surface area contributed by atoms with Gasteiger partial charge < -0.3 is 14.4 Å². The average molecular weight is 392 g/mol. The molecule has 1 aromatic carbocycles. The van der Waals surface area contributed by atoms with E-state index in [2.05, 4.69) is 15.2 Å². The summed E-state index contributed by atoms with van der Waals surface area (Å²) in [6, 6.07) is 9.51. The van der Waals surface area contributed by atoms with E-state index in [4.69, 9.17) is 9.47 Å². The Hall–Kier alpha value is -3.35. The molecule has 0 unspecified atom stereocenters. The number of H-pyrrole nitrogens is 1. The van der Waals surface area contributed by atoms with Crippen LogP contribution in [0.5, 0.6) is 11.5 Å². The van der Waals surface area contributed by atoms with Crippen molar-refractivity contribution in [2.75, 3.05) is 20.8 Å². The first-order valence-corrected chi connectivity index (χ1v) is 9.65. The zero-order valence-corrected chi connectivity index (χ0v) is 16.6. The molecule has 7 nitrogen and oxygen atoms in total. The van der Waals surface area contributed by atoms with Crippen LogP contribution in [0, 0.1) is 0 Å². The van der Waals surface area contributed by atoms with Crippen molar-refractivity contribution in [2.24, 2.45) is 0 Å². The van der Waals surface area contributed by atoms with Gasteiger partial charge in [-0.1, -0.05) is 6.07 Å². The van der Waals surface area contributed by atoms with E-state index in [-0.39, 0.29) is 11.9 Å². The Morgan fingerprint density at radius 2 is 1.97 bits per heavy atom. The molecule has 1 aliphatic rings. The fourth-order valence-corrected chi connectivity index (χ4v) is 3.94. The third-order valence-electron chi connectivity index (χ3n) is 5.37. The van der Waals surface area contributed by atoms with E-state index >= 15 is 0 Å². The monoisotopic (exact) mass is 392 g/mol. The van der Waals surface area contributed by atoms with Gasteiger partial charge in [0.15, 0.2) is 11.5 Å². The number of amides is 1. The number of nitrogens with zero attached hydrogens (tertiary/aromatic N) is 3. The highest BCUT2D eigenvalue weighted by molar-refractivity contribution is 5.80. The van der Waals surface area contributed by atoms with E-state index in [0.29, 0.717) is 17.9 Å². The van der Waals surface area contributed by atoms with E-state index in [0.717, 1.165) is 41.8 Å². The molecule has 3 aromatic rings. The fraction of sp³-hybridized carbons (Fsp3) is 0.318. The molecule has 3 heterocycles. The van der Waals surface area contributed by atoms with Gasteiger partial charge in [0.05, 0.1) is 38.6 Å². The second-order valence-corrected chi connectivity index (χ2v) is 7.04. The third kappa shape index (κ3) is 3.81. The van der Waals surface area contributed by atoms with Crippen molar-refractivity contribution in [3.05, 3.63) is 60.2 Å². The molecule has 7 heteroatoms. The van der Waals surface area contributed by atoms with Gasteiger partial charge >= 0.3 is 0 Å². The Kier molecular flexibility index (Phi) is 5.46. The maximum absolute atomic E-state index is 13.1. The van der Waals surface area contributed by atoms with Crippen LogP contribution in [0.25, 0.3) is 11.1 Å². The molecule has 1 atom stereocenters. The van der Waals surface area contributed by atoms with Crippen LogP contribution in [0.2, 0.25) is 0 Å². The number of ether oxygens (including phenoxy) is 2. The molecule has 4 rings (SSSR count). The van der Waals surface area contributed by atoms with Crippen LogP contribution < -0.4 is 9.47 Å². The van der Waals surface area contributed by atoms with Gasteiger partial charge in [-0.2, -0.15) is 5.10 Å². The second kappa shape index (κ2) is 8.34. The summed E-state index contributed by atoms with van der Waals surface area (Å²) in [5.74, 6) is 1.38. The first-order chi connectivity index (χ1) is 14.2. The molecule has 0 bridgehead atoms. The van der Waals surface area contributed by atoms with Gasteiger partial charge in [0, 0.05) is 24.5 Å². The van der Waals surface area contributed by atoms with E-state index in [1.807, 2.05) is 41.4 Å².